The van der Waals surface area contributed by atoms with Gasteiger partial charge in [-0.3, -0.25) is 19.3 Å². The first-order valence-electron chi connectivity index (χ1n) is 10.7. The second-order valence-corrected chi connectivity index (χ2v) is 7.87. The van der Waals surface area contributed by atoms with E-state index in [1.165, 1.54) is 0 Å². The molecule has 0 saturated carbocycles. The van der Waals surface area contributed by atoms with E-state index in [4.69, 9.17) is 4.74 Å². The summed E-state index contributed by atoms with van der Waals surface area (Å²) in [7, 11) is 0. The molecule has 5 heteroatoms. The molecule has 1 heterocycles. The number of nitrogens with zero attached hydrogens (tertiary/aromatic N) is 1. The summed E-state index contributed by atoms with van der Waals surface area (Å²) in [6.07, 6.45) is 0.0536. The van der Waals surface area contributed by atoms with Crippen LogP contribution in [0, 0.1) is 25.7 Å². The molecule has 3 aromatic carbocycles. The number of benzene rings is 3. The summed E-state index contributed by atoms with van der Waals surface area (Å²) in [6, 6.07) is 19.7. The second kappa shape index (κ2) is 9.54. The number of ether oxygens (including phenoxy) is 1. The van der Waals surface area contributed by atoms with Crippen molar-refractivity contribution in [3.05, 3.63) is 100 Å². The van der Waals surface area contributed by atoms with Crippen molar-refractivity contribution in [1.29, 1.82) is 0 Å². The Morgan fingerprint density at radius 1 is 0.879 bits per heavy atom. The van der Waals surface area contributed by atoms with Crippen LogP contribution in [0.4, 0.5) is 0 Å². The van der Waals surface area contributed by atoms with Crippen molar-refractivity contribution in [2.24, 2.45) is 0 Å². The maximum atomic E-state index is 12.7. The summed E-state index contributed by atoms with van der Waals surface area (Å²) in [6.45, 7) is 4.27. The fourth-order valence-electron chi connectivity index (χ4n) is 3.84. The standard InChI is InChI=1S/C28H23NO4/c1-19-8-5-9-20(2)26(19)33-17-7-11-21-10-6-12-22(18-21)25(30)15-16-29-27(31)23-13-3-4-14-24(23)28(29)32/h3-6,8-10,12-14,18H,15-17H2,1-2H3. The number of Topliss-reactive ketones (excluding diaryl/α,β-unsaturated/α-hetero) is 1. The van der Waals surface area contributed by atoms with E-state index in [2.05, 4.69) is 11.8 Å². The van der Waals surface area contributed by atoms with E-state index in [1.807, 2.05) is 38.1 Å². The predicted octanol–water partition coefficient (Wildman–Crippen LogP) is 4.60. The Labute approximate surface area is 193 Å². The fourth-order valence-corrected chi connectivity index (χ4v) is 3.84. The van der Waals surface area contributed by atoms with Crippen molar-refractivity contribution in [3.8, 4) is 17.6 Å². The molecule has 0 aromatic heterocycles. The molecule has 0 fully saturated rings. The van der Waals surface area contributed by atoms with Gasteiger partial charge in [0.25, 0.3) is 11.8 Å². The Hall–Kier alpha value is -4.17. The van der Waals surface area contributed by atoms with E-state index < -0.39 is 0 Å². The molecule has 0 atom stereocenters. The third-order valence-corrected chi connectivity index (χ3v) is 5.56. The number of imide groups is 1. The quantitative estimate of drug-likeness (QED) is 0.321. The zero-order chi connectivity index (χ0) is 23.4. The average molecular weight is 437 g/mol. The molecule has 0 spiro atoms. The van der Waals surface area contributed by atoms with Crippen LogP contribution in [-0.2, 0) is 0 Å². The lowest BCUT2D eigenvalue weighted by atomic mass is 10.1. The van der Waals surface area contributed by atoms with Gasteiger partial charge in [0.05, 0.1) is 11.1 Å². The van der Waals surface area contributed by atoms with Crippen molar-refractivity contribution in [3.63, 3.8) is 0 Å². The largest absolute Gasteiger partial charge is 0.480 e. The van der Waals surface area contributed by atoms with Gasteiger partial charge in [0.1, 0.15) is 12.4 Å². The van der Waals surface area contributed by atoms with Gasteiger partial charge in [-0.2, -0.15) is 0 Å². The van der Waals surface area contributed by atoms with Crippen molar-refractivity contribution in [1.82, 2.24) is 4.90 Å². The molecule has 1 aliphatic rings. The first-order valence-corrected chi connectivity index (χ1v) is 10.7. The number of fused-ring (bicyclic) bond motifs is 1. The van der Waals surface area contributed by atoms with Gasteiger partial charge < -0.3 is 4.74 Å². The van der Waals surface area contributed by atoms with Crippen LogP contribution in [-0.4, -0.2) is 35.6 Å². The van der Waals surface area contributed by atoms with Gasteiger partial charge in [-0.1, -0.05) is 54.3 Å². The van der Waals surface area contributed by atoms with E-state index in [1.54, 1.807) is 42.5 Å². The zero-order valence-corrected chi connectivity index (χ0v) is 18.6. The van der Waals surface area contributed by atoms with Crippen LogP contribution in [0.2, 0.25) is 0 Å². The highest BCUT2D eigenvalue weighted by atomic mass is 16.5. The lowest BCUT2D eigenvalue weighted by Crippen LogP contribution is -2.31. The molecule has 0 bridgehead atoms. The number of para-hydroxylation sites is 1. The van der Waals surface area contributed by atoms with E-state index >= 15 is 0 Å². The van der Waals surface area contributed by atoms with Crippen molar-refractivity contribution < 1.29 is 19.1 Å². The van der Waals surface area contributed by atoms with Gasteiger partial charge in [0.15, 0.2) is 5.78 Å². The number of amides is 2. The highest BCUT2D eigenvalue weighted by Gasteiger charge is 2.34. The molecule has 5 nitrogen and oxygen atoms in total. The van der Waals surface area contributed by atoms with Gasteiger partial charge in [0, 0.05) is 24.1 Å². The van der Waals surface area contributed by atoms with Crippen LogP contribution in [0.15, 0.2) is 66.7 Å². The topological polar surface area (TPSA) is 63.7 Å². The summed E-state index contributed by atoms with van der Waals surface area (Å²) in [4.78, 5) is 38.8. The van der Waals surface area contributed by atoms with Crippen LogP contribution < -0.4 is 4.74 Å². The van der Waals surface area contributed by atoms with E-state index in [0.29, 0.717) is 22.3 Å². The Balaban J connectivity index is 1.36. The van der Waals surface area contributed by atoms with Crippen molar-refractivity contribution >= 4 is 17.6 Å². The molecule has 2 amide bonds. The van der Waals surface area contributed by atoms with Crippen molar-refractivity contribution in [2.45, 2.75) is 20.3 Å². The maximum absolute atomic E-state index is 12.7. The van der Waals surface area contributed by atoms with E-state index in [0.717, 1.165) is 21.8 Å². The third-order valence-electron chi connectivity index (χ3n) is 5.56. The van der Waals surface area contributed by atoms with E-state index in [-0.39, 0.29) is 37.2 Å². The Bertz CT molecular complexity index is 1260. The van der Waals surface area contributed by atoms with Gasteiger partial charge in [0.2, 0.25) is 0 Å². The minimum Gasteiger partial charge on any atom is -0.480 e. The zero-order valence-electron chi connectivity index (χ0n) is 18.6. The molecular formula is C28H23NO4. The summed E-state index contributed by atoms with van der Waals surface area (Å²) < 4.78 is 5.80. The van der Waals surface area contributed by atoms with Crippen LogP contribution in [0.1, 0.15) is 54.2 Å². The minimum atomic E-state index is -0.355. The molecule has 4 rings (SSSR count). The van der Waals surface area contributed by atoms with Gasteiger partial charge >= 0.3 is 0 Å². The Morgan fingerprint density at radius 2 is 1.52 bits per heavy atom. The van der Waals surface area contributed by atoms with Crippen molar-refractivity contribution in [2.75, 3.05) is 13.2 Å². The molecule has 33 heavy (non-hydrogen) atoms. The molecule has 3 aromatic rings. The Kier molecular flexibility index (Phi) is 6.37. The SMILES string of the molecule is Cc1cccc(C)c1OCC#Cc1cccc(C(=O)CCN2C(=O)c3ccccc3C2=O)c1. The van der Waals surface area contributed by atoms with Crippen LogP contribution in [0.5, 0.6) is 5.75 Å². The number of carbonyl (C=O) groups is 3. The third kappa shape index (κ3) is 4.70. The lowest BCUT2D eigenvalue weighted by molar-refractivity contribution is 0.0649. The molecule has 0 saturated heterocycles. The predicted molar refractivity (Wildman–Crippen MR) is 125 cm³/mol. The summed E-state index contributed by atoms with van der Waals surface area (Å²) >= 11 is 0. The highest BCUT2D eigenvalue weighted by molar-refractivity contribution is 6.21. The normalized spacial score (nSPS) is 12.2. The number of carbonyl (C=O) groups excluding carboxylic acids is 3. The first kappa shape index (κ1) is 22.0. The molecule has 0 unspecified atom stereocenters. The maximum Gasteiger partial charge on any atom is 0.261 e. The van der Waals surface area contributed by atoms with Crippen LogP contribution in [0.3, 0.4) is 0 Å². The molecular weight excluding hydrogens is 414 g/mol. The number of aryl methyl sites for hydroxylation is 2. The molecule has 164 valence electrons. The molecule has 0 aliphatic carbocycles. The smallest absolute Gasteiger partial charge is 0.261 e. The number of rotatable bonds is 6. The van der Waals surface area contributed by atoms with Crippen LogP contribution in [0.25, 0.3) is 0 Å². The van der Waals surface area contributed by atoms with Crippen LogP contribution >= 0.6 is 0 Å². The van der Waals surface area contributed by atoms with E-state index in [9.17, 15) is 14.4 Å². The number of hydrogen-bond donors (Lipinski definition) is 0. The van der Waals surface area contributed by atoms with Gasteiger partial charge in [-0.25, -0.2) is 0 Å². The monoisotopic (exact) mass is 437 g/mol. The highest BCUT2D eigenvalue weighted by Crippen LogP contribution is 2.23. The lowest BCUT2D eigenvalue weighted by Gasteiger charge is -2.13. The number of ketones is 1. The molecule has 0 radical (unpaired) electrons. The second-order valence-electron chi connectivity index (χ2n) is 7.87. The summed E-state index contributed by atoms with van der Waals surface area (Å²) in [5.74, 6) is 5.99. The fraction of sp³-hybridized carbons (Fsp3) is 0.179. The minimum absolute atomic E-state index is 0.0463. The summed E-state index contributed by atoms with van der Waals surface area (Å²) in [5, 5.41) is 0. The summed E-state index contributed by atoms with van der Waals surface area (Å²) in [5.41, 5.74) is 4.08. The first-order chi connectivity index (χ1) is 16.0. The average Bonchev–Trinajstić information content (AvgIpc) is 3.06. The number of hydrogen-bond acceptors (Lipinski definition) is 4. The van der Waals surface area contributed by atoms with Gasteiger partial charge in [-0.05, 0) is 49.2 Å². The molecule has 0 N–H and O–H groups in total. The molecule has 1 aliphatic heterocycles. The Morgan fingerprint density at radius 3 is 2.18 bits per heavy atom. The van der Waals surface area contributed by atoms with Gasteiger partial charge in [-0.15, -0.1) is 0 Å².